The first-order valence-corrected chi connectivity index (χ1v) is 22.1. The Hall–Kier alpha value is -7.80. The van der Waals surface area contributed by atoms with Crippen LogP contribution in [0.3, 0.4) is 0 Å². The smallest absolute Gasteiger partial charge is 0.0159 e. The zero-order chi connectivity index (χ0) is 42.1. The molecule has 0 aliphatic heterocycles. The summed E-state index contributed by atoms with van der Waals surface area (Å²) < 4.78 is 0. The SMILES string of the molecule is CC1(C)c2ccccc2-c2ccc(-c3cc4cc(-c5cc(-c6ccccc6)cc(-c6ccccc6)c5)ccc4c4ccc(-c5cc6ccccc6cc5-c5ccccc5)cc34)cc21. The molecule has 0 heterocycles. The molecule has 0 saturated heterocycles. The monoisotopic (exact) mass is 800 g/mol. The first kappa shape index (κ1) is 37.0. The van der Waals surface area contributed by atoms with Crippen molar-refractivity contribution in [2.75, 3.05) is 0 Å². The van der Waals surface area contributed by atoms with Crippen molar-refractivity contribution in [1.29, 1.82) is 0 Å². The van der Waals surface area contributed by atoms with Gasteiger partial charge in [0.25, 0.3) is 0 Å². The van der Waals surface area contributed by atoms with E-state index in [9.17, 15) is 0 Å². The normalized spacial score (nSPS) is 12.7. The van der Waals surface area contributed by atoms with E-state index in [0.29, 0.717) is 0 Å². The molecule has 1 aliphatic rings. The number of rotatable bonds is 6. The average Bonchev–Trinajstić information content (AvgIpc) is 3.58. The summed E-state index contributed by atoms with van der Waals surface area (Å²) in [6.45, 7) is 4.75. The second kappa shape index (κ2) is 14.7. The minimum Gasteiger partial charge on any atom is -0.0622 e. The van der Waals surface area contributed by atoms with Crippen LogP contribution in [0, 0.1) is 0 Å². The lowest BCUT2D eigenvalue weighted by Crippen LogP contribution is -2.14. The quantitative estimate of drug-likeness (QED) is 0.147. The van der Waals surface area contributed by atoms with E-state index in [4.69, 9.17) is 0 Å². The van der Waals surface area contributed by atoms with E-state index in [2.05, 4.69) is 244 Å². The van der Waals surface area contributed by atoms with Crippen molar-refractivity contribution in [1.82, 2.24) is 0 Å². The van der Waals surface area contributed by atoms with Gasteiger partial charge in [-0.25, -0.2) is 0 Å². The fourth-order valence-electron chi connectivity index (χ4n) is 10.3. The molecule has 0 nitrogen and oxygen atoms in total. The summed E-state index contributed by atoms with van der Waals surface area (Å²) >= 11 is 0. The van der Waals surface area contributed by atoms with Crippen LogP contribution >= 0.6 is 0 Å². The molecule has 0 aromatic heterocycles. The third kappa shape index (κ3) is 6.29. The molecule has 12 rings (SSSR count). The maximum Gasteiger partial charge on any atom is 0.0159 e. The van der Waals surface area contributed by atoms with E-state index in [0.717, 1.165) is 0 Å². The van der Waals surface area contributed by atoms with E-state index in [1.807, 2.05) is 0 Å². The highest BCUT2D eigenvalue weighted by atomic mass is 14.4. The maximum absolute atomic E-state index is 2.48. The summed E-state index contributed by atoms with van der Waals surface area (Å²) in [5, 5.41) is 7.48. The summed E-state index contributed by atoms with van der Waals surface area (Å²) in [5.74, 6) is 0. The fraction of sp³-hybridized carbons (Fsp3) is 0.0476. The molecule has 63 heavy (non-hydrogen) atoms. The van der Waals surface area contributed by atoms with Gasteiger partial charge in [-0.15, -0.1) is 0 Å². The Morgan fingerprint density at radius 1 is 0.222 bits per heavy atom. The summed E-state index contributed by atoms with van der Waals surface area (Å²) in [6, 6.07) is 85.7. The van der Waals surface area contributed by atoms with Gasteiger partial charge in [-0.05, 0) is 176 Å². The van der Waals surface area contributed by atoms with E-state index in [1.165, 1.54) is 121 Å². The van der Waals surface area contributed by atoms with Crippen LogP contribution in [0.2, 0.25) is 0 Å². The molecule has 0 unspecified atom stereocenters. The van der Waals surface area contributed by atoms with Gasteiger partial charge in [0.05, 0.1) is 0 Å². The van der Waals surface area contributed by atoms with Crippen molar-refractivity contribution >= 4 is 32.3 Å². The van der Waals surface area contributed by atoms with Crippen molar-refractivity contribution in [2.45, 2.75) is 19.3 Å². The predicted molar refractivity (Wildman–Crippen MR) is 269 cm³/mol. The van der Waals surface area contributed by atoms with Gasteiger partial charge >= 0.3 is 0 Å². The van der Waals surface area contributed by atoms with Gasteiger partial charge < -0.3 is 0 Å². The van der Waals surface area contributed by atoms with E-state index in [-0.39, 0.29) is 5.41 Å². The van der Waals surface area contributed by atoms with E-state index >= 15 is 0 Å². The van der Waals surface area contributed by atoms with Crippen LogP contribution in [0.25, 0.3) is 110 Å². The highest BCUT2D eigenvalue weighted by molar-refractivity contribution is 6.16. The summed E-state index contributed by atoms with van der Waals surface area (Å²) in [4.78, 5) is 0. The zero-order valence-corrected chi connectivity index (χ0v) is 35.4. The molecule has 0 amide bonds. The Morgan fingerprint density at radius 2 is 0.698 bits per heavy atom. The zero-order valence-electron chi connectivity index (χ0n) is 35.4. The maximum atomic E-state index is 2.48. The topological polar surface area (TPSA) is 0 Å². The summed E-state index contributed by atoms with van der Waals surface area (Å²) in [7, 11) is 0. The predicted octanol–water partition coefficient (Wildman–Crippen LogP) is 17.5. The first-order chi connectivity index (χ1) is 31.0. The van der Waals surface area contributed by atoms with Gasteiger partial charge in [0.2, 0.25) is 0 Å². The second-order valence-electron chi connectivity index (χ2n) is 17.7. The van der Waals surface area contributed by atoms with Crippen molar-refractivity contribution < 1.29 is 0 Å². The second-order valence-corrected chi connectivity index (χ2v) is 17.7. The van der Waals surface area contributed by atoms with Crippen LogP contribution in [-0.4, -0.2) is 0 Å². The van der Waals surface area contributed by atoms with E-state index in [1.54, 1.807) is 0 Å². The Kier molecular flexibility index (Phi) is 8.63. The molecular formula is C63H44. The van der Waals surface area contributed by atoms with Gasteiger partial charge in [0, 0.05) is 5.41 Å². The summed E-state index contributed by atoms with van der Waals surface area (Å²) in [5.41, 5.74) is 20.0. The molecule has 0 fully saturated rings. The molecule has 0 saturated carbocycles. The lowest BCUT2D eigenvalue weighted by atomic mass is 9.81. The molecule has 0 atom stereocenters. The number of hydrogen-bond donors (Lipinski definition) is 0. The third-order valence-corrected chi connectivity index (χ3v) is 13.6. The lowest BCUT2D eigenvalue weighted by Gasteiger charge is -2.22. The average molecular weight is 801 g/mol. The van der Waals surface area contributed by atoms with Crippen LogP contribution in [-0.2, 0) is 5.41 Å². The minimum atomic E-state index is -0.108. The van der Waals surface area contributed by atoms with Crippen LogP contribution in [0.1, 0.15) is 25.0 Å². The largest absolute Gasteiger partial charge is 0.0622 e. The van der Waals surface area contributed by atoms with Crippen LogP contribution in [0.5, 0.6) is 0 Å². The molecule has 11 aromatic carbocycles. The van der Waals surface area contributed by atoms with Crippen molar-refractivity contribution in [3.63, 3.8) is 0 Å². The molecule has 0 N–H and O–H groups in total. The molecule has 1 aliphatic carbocycles. The molecule has 0 spiro atoms. The molecule has 296 valence electrons. The van der Waals surface area contributed by atoms with Gasteiger partial charge in [-0.3, -0.25) is 0 Å². The van der Waals surface area contributed by atoms with E-state index < -0.39 is 0 Å². The van der Waals surface area contributed by atoms with Crippen molar-refractivity contribution in [3.8, 4) is 77.9 Å². The van der Waals surface area contributed by atoms with Gasteiger partial charge in [0.1, 0.15) is 0 Å². The highest BCUT2D eigenvalue weighted by Crippen LogP contribution is 2.50. The Labute approximate surface area is 369 Å². The lowest BCUT2D eigenvalue weighted by molar-refractivity contribution is 0.660. The molecule has 0 radical (unpaired) electrons. The van der Waals surface area contributed by atoms with Gasteiger partial charge in [-0.2, -0.15) is 0 Å². The minimum absolute atomic E-state index is 0.108. The number of fused-ring (bicyclic) bond motifs is 7. The standard InChI is InChI=1S/C63H44/c1-63(2)61-25-15-14-24-55(61)56-31-28-48(40-62(56)63)59-39-52-32-46(51-34-49(41-16-6-3-7-17-41)33-50(35-51)42-18-8-4-9-19-42)26-29-53(52)54-30-27-47(38-60(54)59)58-37-45-23-13-12-22-44(45)36-57(58)43-20-10-5-11-21-43/h3-40H,1-2H3. The summed E-state index contributed by atoms with van der Waals surface area (Å²) in [6.07, 6.45) is 0. The third-order valence-electron chi connectivity index (χ3n) is 13.6. The first-order valence-electron chi connectivity index (χ1n) is 22.1. The van der Waals surface area contributed by atoms with Crippen LogP contribution in [0.15, 0.2) is 231 Å². The van der Waals surface area contributed by atoms with Crippen molar-refractivity contribution in [2.24, 2.45) is 0 Å². The Balaban J connectivity index is 1.09. The molecular weight excluding hydrogens is 757 g/mol. The fourth-order valence-corrected chi connectivity index (χ4v) is 10.3. The number of hydrogen-bond acceptors (Lipinski definition) is 0. The molecule has 11 aromatic rings. The van der Waals surface area contributed by atoms with Gasteiger partial charge in [-0.1, -0.05) is 190 Å². The molecule has 0 bridgehead atoms. The van der Waals surface area contributed by atoms with Crippen LogP contribution < -0.4 is 0 Å². The molecule has 0 heteroatoms. The highest BCUT2D eigenvalue weighted by Gasteiger charge is 2.35. The Morgan fingerprint density at radius 3 is 1.37 bits per heavy atom. The Bertz CT molecular complexity index is 3500. The number of benzene rings is 11. The van der Waals surface area contributed by atoms with Crippen molar-refractivity contribution in [3.05, 3.63) is 242 Å². The van der Waals surface area contributed by atoms with Gasteiger partial charge in [0.15, 0.2) is 0 Å². The van der Waals surface area contributed by atoms with Crippen LogP contribution in [0.4, 0.5) is 0 Å².